The van der Waals surface area contributed by atoms with E-state index >= 15 is 0 Å². The fourth-order valence-electron chi connectivity index (χ4n) is 1.11. The number of hydrogen-bond acceptors (Lipinski definition) is 4. The first-order valence-corrected chi connectivity index (χ1v) is 4.03. The Balaban J connectivity index is 3.21. The normalized spacial score (nSPS) is 9.57. The van der Waals surface area contributed by atoms with E-state index in [4.69, 9.17) is 4.74 Å². The van der Waals surface area contributed by atoms with Gasteiger partial charge < -0.3 is 9.84 Å². The average molecular weight is 194 g/mol. The monoisotopic (exact) mass is 194 g/mol. The van der Waals surface area contributed by atoms with Gasteiger partial charge >= 0.3 is 5.97 Å². The molecular weight excluding hydrogens is 184 g/mol. The molecule has 4 heteroatoms. The molecule has 1 aromatic carbocycles. The highest BCUT2D eigenvalue weighted by atomic mass is 16.5. The van der Waals surface area contributed by atoms with E-state index in [2.05, 4.69) is 0 Å². The summed E-state index contributed by atoms with van der Waals surface area (Å²) in [6, 6.07) is 4.32. The van der Waals surface area contributed by atoms with Crippen LogP contribution in [0.5, 0.6) is 11.5 Å². The lowest BCUT2D eigenvalue weighted by atomic mass is 10.1. The number of benzene rings is 1. The molecule has 0 fully saturated rings. The molecule has 0 radical (unpaired) electrons. The van der Waals surface area contributed by atoms with Crippen LogP contribution in [0.1, 0.15) is 24.2 Å². The van der Waals surface area contributed by atoms with Gasteiger partial charge in [-0.3, -0.25) is 9.59 Å². The number of phenolic OH excluding ortho intramolecular Hbond substituents is 1. The maximum atomic E-state index is 11.1. The smallest absolute Gasteiger partial charge is 0.308 e. The summed E-state index contributed by atoms with van der Waals surface area (Å²) in [4.78, 5) is 21.8. The number of esters is 1. The van der Waals surface area contributed by atoms with Gasteiger partial charge in [0, 0.05) is 6.92 Å². The third-order valence-corrected chi connectivity index (χ3v) is 1.61. The molecule has 0 saturated heterocycles. The molecule has 4 nitrogen and oxygen atoms in total. The van der Waals surface area contributed by atoms with Crippen molar-refractivity contribution in [1.29, 1.82) is 0 Å². The Bertz CT molecular complexity index is 382. The van der Waals surface area contributed by atoms with Crippen LogP contribution in [0.4, 0.5) is 0 Å². The fourth-order valence-corrected chi connectivity index (χ4v) is 1.11. The lowest BCUT2D eigenvalue weighted by Gasteiger charge is -2.07. The maximum Gasteiger partial charge on any atom is 0.308 e. The number of hydrogen-bond donors (Lipinski definition) is 1. The summed E-state index contributed by atoms with van der Waals surface area (Å²) >= 11 is 0. The Labute approximate surface area is 81.1 Å². The van der Waals surface area contributed by atoms with Gasteiger partial charge in [0.05, 0.1) is 0 Å². The molecule has 0 aliphatic carbocycles. The standard InChI is InChI=1S/C10H10O4/c1-6(11)10-8(13)4-3-5-9(10)14-7(2)12/h3-5,13H,1-2H3. The maximum absolute atomic E-state index is 11.1. The zero-order chi connectivity index (χ0) is 10.7. The minimum Gasteiger partial charge on any atom is -0.507 e. The Morgan fingerprint density at radius 3 is 2.43 bits per heavy atom. The third-order valence-electron chi connectivity index (χ3n) is 1.61. The van der Waals surface area contributed by atoms with Crippen LogP contribution in [0, 0.1) is 0 Å². The van der Waals surface area contributed by atoms with Crippen molar-refractivity contribution in [2.45, 2.75) is 13.8 Å². The zero-order valence-electron chi connectivity index (χ0n) is 7.90. The Morgan fingerprint density at radius 1 is 1.29 bits per heavy atom. The van der Waals surface area contributed by atoms with Gasteiger partial charge in [0.25, 0.3) is 0 Å². The van der Waals surface area contributed by atoms with Gasteiger partial charge in [-0.2, -0.15) is 0 Å². The summed E-state index contributed by atoms with van der Waals surface area (Å²) in [5, 5.41) is 9.36. The van der Waals surface area contributed by atoms with Crippen LogP contribution in [0.3, 0.4) is 0 Å². The van der Waals surface area contributed by atoms with E-state index in [1.807, 2.05) is 0 Å². The lowest BCUT2D eigenvalue weighted by Crippen LogP contribution is -2.06. The van der Waals surface area contributed by atoms with Crippen molar-refractivity contribution >= 4 is 11.8 Å². The van der Waals surface area contributed by atoms with Crippen molar-refractivity contribution < 1.29 is 19.4 Å². The molecule has 0 heterocycles. The number of carbonyl (C=O) groups is 2. The largest absolute Gasteiger partial charge is 0.507 e. The van der Waals surface area contributed by atoms with E-state index < -0.39 is 5.97 Å². The predicted molar refractivity (Wildman–Crippen MR) is 49.4 cm³/mol. The van der Waals surface area contributed by atoms with Crippen molar-refractivity contribution in [3.63, 3.8) is 0 Å². The van der Waals surface area contributed by atoms with E-state index in [1.165, 1.54) is 32.0 Å². The first-order valence-electron chi connectivity index (χ1n) is 4.03. The molecule has 1 N–H and O–H groups in total. The van der Waals surface area contributed by atoms with Crippen molar-refractivity contribution in [1.82, 2.24) is 0 Å². The molecule has 1 aromatic rings. The van der Waals surface area contributed by atoms with Crippen molar-refractivity contribution in [2.75, 3.05) is 0 Å². The average Bonchev–Trinajstić information content (AvgIpc) is 2.01. The van der Waals surface area contributed by atoms with Gasteiger partial charge in [-0.1, -0.05) is 6.07 Å². The number of phenols is 1. The summed E-state index contributed by atoms with van der Waals surface area (Å²) in [6.07, 6.45) is 0. The van der Waals surface area contributed by atoms with Crippen LogP contribution in [-0.4, -0.2) is 16.9 Å². The van der Waals surface area contributed by atoms with E-state index in [9.17, 15) is 14.7 Å². The van der Waals surface area contributed by atoms with Gasteiger partial charge in [0.1, 0.15) is 17.1 Å². The predicted octanol–water partition coefficient (Wildman–Crippen LogP) is 1.52. The molecule has 0 aromatic heterocycles. The van der Waals surface area contributed by atoms with E-state index in [0.717, 1.165) is 0 Å². The minimum atomic E-state index is -0.530. The number of ether oxygens (including phenoxy) is 1. The van der Waals surface area contributed by atoms with Gasteiger partial charge in [0.2, 0.25) is 0 Å². The molecule has 0 atom stereocenters. The van der Waals surface area contributed by atoms with Crippen LogP contribution < -0.4 is 4.74 Å². The molecule has 0 saturated carbocycles. The SMILES string of the molecule is CC(=O)Oc1cccc(O)c1C(C)=O. The van der Waals surface area contributed by atoms with Crippen LogP contribution in [-0.2, 0) is 4.79 Å². The first-order chi connectivity index (χ1) is 6.52. The summed E-state index contributed by atoms with van der Waals surface area (Å²) in [5.41, 5.74) is 0.0303. The molecule has 1 rings (SSSR count). The second-order valence-corrected chi connectivity index (χ2v) is 2.80. The quantitative estimate of drug-likeness (QED) is 0.440. The molecule has 0 aliphatic rings. The highest BCUT2D eigenvalue weighted by molar-refractivity contribution is 6.00. The summed E-state index contributed by atoms with van der Waals surface area (Å²) in [5.74, 6) is -0.973. The van der Waals surface area contributed by atoms with Crippen LogP contribution in [0.25, 0.3) is 0 Å². The Kier molecular flexibility index (Phi) is 2.86. The number of Topliss-reactive ketones (excluding diaryl/α,β-unsaturated/α-hetero) is 1. The van der Waals surface area contributed by atoms with Gasteiger partial charge in [-0.15, -0.1) is 0 Å². The van der Waals surface area contributed by atoms with E-state index in [-0.39, 0.29) is 22.8 Å². The minimum absolute atomic E-state index is 0.0303. The number of carbonyl (C=O) groups excluding carboxylic acids is 2. The van der Waals surface area contributed by atoms with Gasteiger partial charge in [-0.05, 0) is 19.1 Å². The summed E-state index contributed by atoms with van der Waals surface area (Å²) < 4.78 is 4.77. The van der Waals surface area contributed by atoms with Crippen LogP contribution >= 0.6 is 0 Å². The molecule has 0 aliphatic heterocycles. The topological polar surface area (TPSA) is 63.6 Å². The third kappa shape index (κ3) is 2.10. The Hall–Kier alpha value is -1.84. The van der Waals surface area contributed by atoms with E-state index in [1.54, 1.807) is 0 Å². The number of rotatable bonds is 2. The highest BCUT2D eigenvalue weighted by Crippen LogP contribution is 2.27. The van der Waals surface area contributed by atoms with Crippen molar-refractivity contribution in [2.24, 2.45) is 0 Å². The Morgan fingerprint density at radius 2 is 1.93 bits per heavy atom. The summed E-state index contributed by atoms with van der Waals surface area (Å²) in [6.45, 7) is 2.52. The second kappa shape index (κ2) is 3.91. The molecule has 74 valence electrons. The molecule has 14 heavy (non-hydrogen) atoms. The molecule has 0 spiro atoms. The van der Waals surface area contributed by atoms with E-state index in [0.29, 0.717) is 0 Å². The first kappa shape index (κ1) is 10.2. The molecule has 0 bridgehead atoms. The molecule has 0 amide bonds. The summed E-state index contributed by atoms with van der Waals surface area (Å²) in [7, 11) is 0. The zero-order valence-corrected chi connectivity index (χ0v) is 7.90. The van der Waals surface area contributed by atoms with Gasteiger partial charge in [0.15, 0.2) is 5.78 Å². The molecular formula is C10H10O4. The fraction of sp³-hybridized carbons (Fsp3) is 0.200. The molecule has 0 unspecified atom stereocenters. The number of aromatic hydroxyl groups is 1. The van der Waals surface area contributed by atoms with Crippen LogP contribution in [0.2, 0.25) is 0 Å². The van der Waals surface area contributed by atoms with Crippen LogP contribution in [0.15, 0.2) is 18.2 Å². The van der Waals surface area contributed by atoms with Crippen molar-refractivity contribution in [3.8, 4) is 11.5 Å². The van der Waals surface area contributed by atoms with Gasteiger partial charge in [-0.25, -0.2) is 0 Å². The number of ketones is 1. The lowest BCUT2D eigenvalue weighted by molar-refractivity contribution is -0.131. The highest BCUT2D eigenvalue weighted by Gasteiger charge is 2.14. The van der Waals surface area contributed by atoms with Crippen molar-refractivity contribution in [3.05, 3.63) is 23.8 Å². The second-order valence-electron chi connectivity index (χ2n) is 2.80.